The maximum atomic E-state index is 12.7. The molecule has 0 saturated carbocycles. The Kier molecular flexibility index (Phi) is 13.1. The molecule has 0 aliphatic carbocycles. The molecule has 210 valence electrons. The molecule has 1 atom stereocenters. The Balaban J connectivity index is 0.00000187. The van der Waals surface area contributed by atoms with Crippen molar-refractivity contribution in [3.05, 3.63) is 120 Å². The minimum Gasteiger partial charge on any atom is -0.387 e. The molecule has 0 fully saturated rings. The molecule has 0 bridgehead atoms. The molecule has 2 aromatic heterocycles. The van der Waals surface area contributed by atoms with Gasteiger partial charge in [0.05, 0.1) is 18.0 Å². The lowest BCUT2D eigenvalue weighted by Crippen LogP contribution is -2.23. The van der Waals surface area contributed by atoms with Crippen LogP contribution in [0.25, 0.3) is 16.7 Å². The molecule has 0 spiro atoms. The van der Waals surface area contributed by atoms with Crippen molar-refractivity contribution in [3.8, 4) is 5.82 Å². The van der Waals surface area contributed by atoms with Crippen LogP contribution in [-0.4, -0.2) is 38.6 Å². The summed E-state index contributed by atoms with van der Waals surface area (Å²) >= 11 is 0. The first-order valence-electron chi connectivity index (χ1n) is 12.4. The molecular formula is C30H32Cl3N5O2. The highest BCUT2D eigenvalue weighted by Gasteiger charge is 2.12. The number of imidazole rings is 1. The molecule has 5 rings (SSSR count). The van der Waals surface area contributed by atoms with Gasteiger partial charge in [0.1, 0.15) is 11.6 Å². The van der Waals surface area contributed by atoms with Crippen molar-refractivity contribution in [1.29, 1.82) is 0 Å². The second-order valence-corrected chi connectivity index (χ2v) is 8.88. The number of nitrogens with zero attached hydrogens (tertiary/aromatic N) is 3. The summed E-state index contributed by atoms with van der Waals surface area (Å²) < 4.78 is 1.84. The summed E-state index contributed by atoms with van der Waals surface area (Å²) in [5, 5.41) is 17.6. The number of para-hydroxylation sites is 1. The molecule has 0 radical (unpaired) electrons. The number of fused-ring (bicyclic) bond motifs is 1. The number of aliphatic hydroxyl groups excluding tert-OH is 1. The fraction of sp³-hybridized carbons (Fsp3) is 0.167. The van der Waals surface area contributed by atoms with Crippen molar-refractivity contribution in [1.82, 2.24) is 19.9 Å². The van der Waals surface area contributed by atoms with E-state index >= 15 is 0 Å². The largest absolute Gasteiger partial charge is 0.387 e. The highest BCUT2D eigenvalue weighted by molar-refractivity contribution is 5.92. The summed E-state index contributed by atoms with van der Waals surface area (Å²) in [4.78, 5) is 21.8. The van der Waals surface area contributed by atoms with Crippen molar-refractivity contribution in [2.24, 2.45) is 0 Å². The van der Waals surface area contributed by atoms with Gasteiger partial charge in [0.15, 0.2) is 0 Å². The second-order valence-electron chi connectivity index (χ2n) is 8.88. The monoisotopic (exact) mass is 599 g/mol. The number of hydrogen-bond donors (Lipinski definition) is 3. The van der Waals surface area contributed by atoms with Crippen LogP contribution in [0.2, 0.25) is 0 Å². The molecule has 0 unspecified atom stereocenters. The molecule has 2 heterocycles. The summed E-state index contributed by atoms with van der Waals surface area (Å²) in [6.45, 7) is 1.25. The fourth-order valence-corrected chi connectivity index (χ4v) is 4.23. The van der Waals surface area contributed by atoms with Crippen molar-refractivity contribution in [2.75, 3.05) is 18.4 Å². The Hall–Kier alpha value is -3.46. The maximum absolute atomic E-state index is 12.7. The van der Waals surface area contributed by atoms with Gasteiger partial charge in [-0.2, -0.15) is 0 Å². The Morgan fingerprint density at radius 3 is 2.38 bits per heavy atom. The average Bonchev–Trinajstić information content (AvgIpc) is 3.40. The number of carbonyl (C=O) groups is 1. The second kappa shape index (κ2) is 16.0. The number of rotatable bonds is 10. The number of hydrogen-bond acceptors (Lipinski definition) is 5. The highest BCUT2D eigenvalue weighted by Crippen LogP contribution is 2.17. The van der Waals surface area contributed by atoms with Gasteiger partial charge in [0.25, 0.3) is 0 Å². The summed E-state index contributed by atoms with van der Waals surface area (Å²) in [5.74, 6) is 1.21. The zero-order valence-corrected chi connectivity index (χ0v) is 24.1. The first kappa shape index (κ1) is 32.8. The van der Waals surface area contributed by atoms with Gasteiger partial charge in [-0.25, -0.2) is 9.97 Å². The van der Waals surface area contributed by atoms with E-state index in [1.165, 1.54) is 0 Å². The van der Waals surface area contributed by atoms with E-state index in [1.807, 2.05) is 102 Å². The molecule has 40 heavy (non-hydrogen) atoms. The summed E-state index contributed by atoms with van der Waals surface area (Å²) in [6, 6.07) is 29.3. The minimum absolute atomic E-state index is 0. The number of carbonyl (C=O) groups excluding carboxylic acids is 1. The summed E-state index contributed by atoms with van der Waals surface area (Å²) in [7, 11) is 0. The van der Waals surface area contributed by atoms with Crippen LogP contribution in [0, 0.1) is 0 Å². The van der Waals surface area contributed by atoms with Crippen molar-refractivity contribution in [2.45, 2.75) is 18.9 Å². The van der Waals surface area contributed by atoms with Crippen LogP contribution in [-0.2, 0) is 17.6 Å². The van der Waals surface area contributed by atoms with E-state index in [9.17, 15) is 9.90 Å². The van der Waals surface area contributed by atoms with Gasteiger partial charge in [-0.05, 0) is 54.4 Å². The molecule has 3 N–H and O–H groups in total. The Morgan fingerprint density at radius 2 is 1.60 bits per heavy atom. The number of amides is 1. The molecule has 0 aliphatic heterocycles. The first-order valence-corrected chi connectivity index (χ1v) is 12.4. The maximum Gasteiger partial charge on any atom is 0.231 e. The molecule has 0 aliphatic rings. The van der Waals surface area contributed by atoms with Crippen LogP contribution >= 0.6 is 37.2 Å². The van der Waals surface area contributed by atoms with Crippen LogP contribution in [0.1, 0.15) is 23.1 Å². The van der Waals surface area contributed by atoms with Gasteiger partial charge < -0.3 is 15.7 Å². The summed E-state index contributed by atoms with van der Waals surface area (Å²) in [5.41, 5.74) is 3.69. The van der Waals surface area contributed by atoms with E-state index in [2.05, 4.69) is 15.6 Å². The van der Waals surface area contributed by atoms with Crippen LogP contribution in [0.3, 0.4) is 0 Å². The van der Waals surface area contributed by atoms with Gasteiger partial charge in [0, 0.05) is 30.0 Å². The average molecular weight is 601 g/mol. The number of aromatic nitrogens is 3. The number of pyridine rings is 1. The normalized spacial score (nSPS) is 11.0. The van der Waals surface area contributed by atoms with Gasteiger partial charge in [0.2, 0.25) is 5.91 Å². The van der Waals surface area contributed by atoms with Crippen LogP contribution in [0.15, 0.2) is 103 Å². The smallest absolute Gasteiger partial charge is 0.231 e. The van der Waals surface area contributed by atoms with Gasteiger partial charge in [-0.1, -0.05) is 60.7 Å². The third-order valence-corrected chi connectivity index (χ3v) is 6.22. The first-order chi connectivity index (χ1) is 18.2. The van der Waals surface area contributed by atoms with Crippen LogP contribution in [0.4, 0.5) is 5.69 Å². The van der Waals surface area contributed by atoms with E-state index < -0.39 is 6.10 Å². The zero-order chi connectivity index (χ0) is 25.5. The lowest BCUT2D eigenvalue weighted by Gasteiger charge is -2.12. The molecule has 0 saturated heterocycles. The van der Waals surface area contributed by atoms with Gasteiger partial charge in [-0.15, -0.1) is 37.2 Å². The van der Waals surface area contributed by atoms with Crippen LogP contribution in [0.5, 0.6) is 0 Å². The number of nitrogens with one attached hydrogen (secondary N) is 2. The predicted molar refractivity (Wildman–Crippen MR) is 167 cm³/mol. The van der Waals surface area contributed by atoms with E-state index in [0.29, 0.717) is 12.4 Å². The fourth-order valence-electron chi connectivity index (χ4n) is 4.23. The van der Waals surface area contributed by atoms with Crippen molar-refractivity contribution < 1.29 is 9.90 Å². The van der Waals surface area contributed by atoms with E-state index in [-0.39, 0.29) is 49.5 Å². The van der Waals surface area contributed by atoms with E-state index in [0.717, 1.165) is 46.5 Å². The van der Waals surface area contributed by atoms with E-state index in [1.54, 1.807) is 6.20 Å². The quantitative estimate of drug-likeness (QED) is 0.178. The number of halogens is 3. The molecule has 3 aromatic carbocycles. The van der Waals surface area contributed by atoms with E-state index in [4.69, 9.17) is 4.98 Å². The topological polar surface area (TPSA) is 92.1 Å². The molecule has 7 nitrogen and oxygen atoms in total. The summed E-state index contributed by atoms with van der Waals surface area (Å²) in [6.07, 6.45) is 3.94. The lowest BCUT2D eigenvalue weighted by atomic mass is 10.1. The predicted octanol–water partition coefficient (Wildman–Crippen LogP) is 5.73. The Morgan fingerprint density at radius 1 is 0.875 bits per heavy atom. The van der Waals surface area contributed by atoms with Crippen LogP contribution < -0.4 is 10.6 Å². The standard InChI is InChI=1S/C30H29N5O2.3ClH/c36-27(24-7-2-1-3-8-24)21-31-17-16-22-10-13-25(14-11-22)33-30(37)20-29-32-18-19-35(29)28-15-12-23-6-4-5-9-26(23)34-28;;;/h1-15,18-19,27,31,36H,16-17,20-21H2,(H,33,37);3*1H/t27-;;;/m0.../s1. The molecule has 10 heteroatoms. The van der Waals surface area contributed by atoms with Gasteiger partial charge >= 0.3 is 0 Å². The Bertz CT molecular complexity index is 1480. The number of benzene rings is 3. The van der Waals surface area contributed by atoms with Crippen molar-refractivity contribution in [3.63, 3.8) is 0 Å². The number of aliphatic hydroxyl groups is 1. The molecule has 1 amide bonds. The van der Waals surface area contributed by atoms with Crippen molar-refractivity contribution >= 4 is 59.7 Å². The highest BCUT2D eigenvalue weighted by atomic mass is 35.5. The minimum atomic E-state index is -0.522. The lowest BCUT2D eigenvalue weighted by molar-refractivity contribution is -0.115. The molecular weight excluding hydrogens is 569 g/mol. The third-order valence-electron chi connectivity index (χ3n) is 6.22. The third kappa shape index (κ3) is 8.52. The number of anilines is 1. The Labute approximate surface area is 252 Å². The molecule has 5 aromatic rings. The SMILES string of the molecule is Cl.Cl.Cl.O=C(Cc1nccn1-c1ccc2ccccc2n1)Nc1ccc(CCNC[C@H](O)c2ccccc2)cc1. The zero-order valence-electron chi connectivity index (χ0n) is 21.6. The van der Waals surface area contributed by atoms with Gasteiger partial charge in [-0.3, -0.25) is 9.36 Å².